The molecular weight excluding hydrogens is 358 g/mol. The van der Waals surface area contributed by atoms with E-state index >= 15 is 0 Å². The predicted octanol–water partition coefficient (Wildman–Crippen LogP) is 2.21. The molecule has 0 bridgehead atoms. The number of benzene rings is 2. The van der Waals surface area contributed by atoms with Crippen LogP contribution in [0.5, 0.6) is 5.75 Å². The van der Waals surface area contributed by atoms with Crippen LogP contribution < -0.4 is 20.7 Å². The molecular formula is C21H25N3O4. The van der Waals surface area contributed by atoms with Crippen molar-refractivity contribution in [3.05, 3.63) is 59.7 Å². The van der Waals surface area contributed by atoms with Crippen molar-refractivity contribution in [1.82, 2.24) is 5.32 Å². The van der Waals surface area contributed by atoms with Crippen LogP contribution in [0.1, 0.15) is 34.6 Å². The van der Waals surface area contributed by atoms with E-state index < -0.39 is 11.9 Å². The molecule has 3 N–H and O–H groups in total. The maximum Gasteiger partial charge on any atom is 0.251 e. The Balaban J connectivity index is 2.15. The highest BCUT2D eigenvalue weighted by Gasteiger charge is 2.28. The van der Waals surface area contributed by atoms with Gasteiger partial charge in [0.15, 0.2) is 0 Å². The van der Waals surface area contributed by atoms with E-state index in [1.54, 1.807) is 62.7 Å². The fraction of sp³-hybridized carbons (Fsp3) is 0.286. The average molecular weight is 383 g/mol. The third-order valence-corrected chi connectivity index (χ3v) is 4.44. The number of amides is 3. The van der Waals surface area contributed by atoms with Gasteiger partial charge in [0.2, 0.25) is 11.8 Å². The van der Waals surface area contributed by atoms with Crippen LogP contribution >= 0.6 is 0 Å². The van der Waals surface area contributed by atoms with Crippen LogP contribution in [-0.2, 0) is 4.79 Å². The smallest absolute Gasteiger partial charge is 0.251 e. The number of hydrogen-bond donors (Lipinski definition) is 2. The molecule has 0 aliphatic heterocycles. The summed E-state index contributed by atoms with van der Waals surface area (Å²) in [4.78, 5) is 38.2. The third-order valence-electron chi connectivity index (χ3n) is 4.44. The second-order valence-electron chi connectivity index (χ2n) is 6.73. The highest BCUT2D eigenvalue weighted by Crippen LogP contribution is 2.17. The van der Waals surface area contributed by atoms with Gasteiger partial charge >= 0.3 is 0 Å². The second-order valence-corrected chi connectivity index (χ2v) is 6.73. The summed E-state index contributed by atoms with van der Waals surface area (Å²) in [5, 5.41) is 2.81. The number of nitrogens with zero attached hydrogens (tertiary/aromatic N) is 1. The number of carbonyl (C=O) groups excluding carboxylic acids is 3. The standard InChI is InChI=1S/C21H25N3O4/c1-13(2)18(23-20(26)15-7-11-17(28-4)12-8-15)21(27)24(3)16-9-5-14(6-10-16)19(22)25/h5-13,18H,1-4H3,(H2,22,25)(H,23,26). The van der Waals surface area contributed by atoms with Gasteiger partial charge in [0.1, 0.15) is 11.8 Å². The molecule has 1 atom stereocenters. The Morgan fingerprint density at radius 2 is 1.50 bits per heavy atom. The molecule has 0 saturated heterocycles. The summed E-state index contributed by atoms with van der Waals surface area (Å²) >= 11 is 0. The summed E-state index contributed by atoms with van der Waals surface area (Å²) in [6, 6.07) is 12.3. The van der Waals surface area contributed by atoms with Crippen LogP contribution in [0.15, 0.2) is 48.5 Å². The fourth-order valence-corrected chi connectivity index (χ4v) is 2.67. The van der Waals surface area contributed by atoms with E-state index in [9.17, 15) is 14.4 Å². The number of methoxy groups -OCH3 is 1. The quantitative estimate of drug-likeness (QED) is 0.765. The van der Waals surface area contributed by atoms with Gasteiger partial charge in [0.05, 0.1) is 7.11 Å². The largest absolute Gasteiger partial charge is 0.497 e. The van der Waals surface area contributed by atoms with Crippen LogP contribution in [0.4, 0.5) is 5.69 Å². The molecule has 0 spiro atoms. The molecule has 0 fully saturated rings. The minimum atomic E-state index is -0.713. The van der Waals surface area contributed by atoms with Crippen LogP contribution in [0.3, 0.4) is 0 Å². The van der Waals surface area contributed by atoms with Gasteiger partial charge in [-0.3, -0.25) is 14.4 Å². The van der Waals surface area contributed by atoms with Crippen LogP contribution in [-0.4, -0.2) is 37.9 Å². The minimum Gasteiger partial charge on any atom is -0.497 e. The van der Waals surface area contributed by atoms with Gasteiger partial charge in [-0.15, -0.1) is 0 Å². The molecule has 0 aliphatic rings. The van der Waals surface area contributed by atoms with Gasteiger partial charge in [-0.25, -0.2) is 0 Å². The lowest BCUT2D eigenvalue weighted by atomic mass is 10.0. The molecule has 28 heavy (non-hydrogen) atoms. The lowest BCUT2D eigenvalue weighted by Gasteiger charge is -2.27. The molecule has 2 aromatic carbocycles. The van der Waals surface area contributed by atoms with Crippen molar-refractivity contribution >= 4 is 23.4 Å². The van der Waals surface area contributed by atoms with Crippen LogP contribution in [0, 0.1) is 5.92 Å². The van der Waals surface area contributed by atoms with Crippen LogP contribution in [0.2, 0.25) is 0 Å². The molecule has 0 aromatic heterocycles. The topological polar surface area (TPSA) is 102 Å². The summed E-state index contributed by atoms with van der Waals surface area (Å²) < 4.78 is 5.09. The van der Waals surface area contributed by atoms with E-state index in [-0.39, 0.29) is 17.7 Å². The molecule has 0 radical (unpaired) electrons. The van der Waals surface area contributed by atoms with Gasteiger partial charge in [-0.2, -0.15) is 0 Å². The molecule has 2 rings (SSSR count). The summed E-state index contributed by atoms with van der Waals surface area (Å²) in [6.45, 7) is 3.72. The maximum absolute atomic E-state index is 13.0. The fourth-order valence-electron chi connectivity index (χ4n) is 2.67. The first kappa shape index (κ1) is 21.0. The van der Waals surface area contributed by atoms with Crippen molar-refractivity contribution in [2.75, 3.05) is 19.1 Å². The van der Waals surface area contributed by atoms with Gasteiger partial charge in [-0.1, -0.05) is 13.8 Å². The van der Waals surface area contributed by atoms with Crippen LogP contribution in [0.25, 0.3) is 0 Å². The number of rotatable bonds is 7. The van der Waals surface area contributed by atoms with Crippen molar-refractivity contribution in [3.63, 3.8) is 0 Å². The third kappa shape index (κ3) is 4.88. The molecule has 0 aliphatic carbocycles. The number of likely N-dealkylation sites (N-methyl/N-ethyl adjacent to an activating group) is 1. The number of nitrogens with two attached hydrogens (primary N) is 1. The van der Waals surface area contributed by atoms with E-state index in [1.807, 2.05) is 13.8 Å². The highest BCUT2D eigenvalue weighted by molar-refractivity contribution is 6.02. The summed E-state index contributed by atoms with van der Waals surface area (Å²) in [5.74, 6) is -0.613. The Morgan fingerprint density at radius 3 is 1.96 bits per heavy atom. The van der Waals surface area contributed by atoms with Gasteiger partial charge < -0.3 is 20.7 Å². The van der Waals surface area contributed by atoms with Crippen molar-refractivity contribution < 1.29 is 19.1 Å². The van der Waals surface area contributed by atoms with Crippen molar-refractivity contribution in [2.24, 2.45) is 11.7 Å². The molecule has 2 aromatic rings. The first-order chi connectivity index (χ1) is 13.2. The number of anilines is 1. The molecule has 1 unspecified atom stereocenters. The Morgan fingerprint density at radius 1 is 0.964 bits per heavy atom. The van der Waals surface area contributed by atoms with Crippen molar-refractivity contribution in [2.45, 2.75) is 19.9 Å². The first-order valence-electron chi connectivity index (χ1n) is 8.87. The summed E-state index contributed by atoms with van der Waals surface area (Å²) in [7, 11) is 3.17. The summed E-state index contributed by atoms with van der Waals surface area (Å²) in [5.41, 5.74) is 6.63. The maximum atomic E-state index is 13.0. The van der Waals surface area contributed by atoms with Crippen molar-refractivity contribution in [1.29, 1.82) is 0 Å². The van der Waals surface area contributed by atoms with Crippen molar-refractivity contribution in [3.8, 4) is 5.75 Å². The number of carbonyl (C=O) groups is 3. The molecule has 0 saturated carbocycles. The molecule has 3 amide bonds. The van der Waals surface area contributed by atoms with Gasteiger partial charge in [0, 0.05) is 23.9 Å². The molecule has 7 nitrogen and oxygen atoms in total. The first-order valence-corrected chi connectivity index (χ1v) is 8.87. The van der Waals surface area contributed by atoms with Gasteiger partial charge in [0.25, 0.3) is 5.91 Å². The van der Waals surface area contributed by atoms with Gasteiger partial charge in [-0.05, 0) is 54.4 Å². The Hall–Kier alpha value is -3.35. The normalized spacial score (nSPS) is 11.6. The zero-order valence-electron chi connectivity index (χ0n) is 16.4. The minimum absolute atomic E-state index is 0.123. The number of primary amides is 1. The molecule has 148 valence electrons. The van der Waals surface area contributed by atoms with E-state index in [0.29, 0.717) is 22.6 Å². The Labute approximate surface area is 164 Å². The zero-order chi connectivity index (χ0) is 20.8. The number of hydrogen-bond acceptors (Lipinski definition) is 4. The average Bonchev–Trinajstić information content (AvgIpc) is 2.70. The zero-order valence-corrected chi connectivity index (χ0v) is 16.4. The van der Waals surface area contributed by atoms with E-state index in [0.717, 1.165) is 0 Å². The Bertz CT molecular complexity index is 845. The monoisotopic (exact) mass is 383 g/mol. The SMILES string of the molecule is COc1ccc(C(=O)NC(C(=O)N(C)c2ccc(C(N)=O)cc2)C(C)C)cc1. The molecule has 7 heteroatoms. The molecule has 0 heterocycles. The lowest BCUT2D eigenvalue weighted by molar-refractivity contribution is -0.121. The van der Waals surface area contributed by atoms with E-state index in [4.69, 9.17) is 10.5 Å². The summed E-state index contributed by atoms with van der Waals surface area (Å²) in [6.07, 6.45) is 0. The van der Waals surface area contributed by atoms with E-state index in [2.05, 4.69) is 5.32 Å². The lowest BCUT2D eigenvalue weighted by Crippen LogP contribution is -2.50. The number of nitrogens with one attached hydrogen (secondary N) is 1. The highest BCUT2D eigenvalue weighted by atomic mass is 16.5. The predicted molar refractivity (Wildman–Crippen MR) is 107 cm³/mol. The Kier molecular flexibility index (Phi) is 6.76. The van der Waals surface area contributed by atoms with E-state index in [1.165, 1.54) is 4.90 Å². The number of ether oxygens (including phenoxy) is 1. The second kappa shape index (κ2) is 9.03.